The van der Waals surface area contributed by atoms with Crippen molar-refractivity contribution in [3.05, 3.63) is 28.7 Å². The standard InChI is InChI=1S/C9H11BrOS/c1-9(2,11)12-8-5-3-7(10)4-6-8/h3-6,11H,1-2H3. The van der Waals surface area contributed by atoms with Gasteiger partial charge >= 0.3 is 0 Å². The third-order valence-electron chi connectivity index (χ3n) is 1.18. The quantitative estimate of drug-likeness (QED) is 0.639. The van der Waals surface area contributed by atoms with Crippen LogP contribution in [0.3, 0.4) is 0 Å². The van der Waals surface area contributed by atoms with E-state index < -0.39 is 4.93 Å². The Kier molecular flexibility index (Phi) is 3.21. The Morgan fingerprint density at radius 3 is 2.17 bits per heavy atom. The van der Waals surface area contributed by atoms with Crippen molar-refractivity contribution in [2.45, 2.75) is 23.7 Å². The minimum Gasteiger partial charge on any atom is -0.380 e. The zero-order chi connectivity index (χ0) is 9.19. The lowest BCUT2D eigenvalue weighted by molar-refractivity contribution is 0.179. The Hall–Kier alpha value is 0.01000. The van der Waals surface area contributed by atoms with Crippen LogP contribution in [-0.4, -0.2) is 10.0 Å². The predicted octanol–water partition coefficient (Wildman–Crippen LogP) is 3.27. The summed E-state index contributed by atoms with van der Waals surface area (Å²) in [7, 11) is 0. The fraction of sp³-hybridized carbons (Fsp3) is 0.333. The number of thioether (sulfide) groups is 1. The Morgan fingerprint density at radius 1 is 1.25 bits per heavy atom. The fourth-order valence-electron chi connectivity index (χ4n) is 0.791. The Labute approximate surface area is 85.3 Å². The summed E-state index contributed by atoms with van der Waals surface area (Å²) < 4.78 is 1.06. The minimum absolute atomic E-state index is 0.701. The largest absolute Gasteiger partial charge is 0.380 e. The van der Waals surface area contributed by atoms with Gasteiger partial charge in [0.1, 0.15) is 4.93 Å². The van der Waals surface area contributed by atoms with Crippen molar-refractivity contribution >= 4 is 27.7 Å². The molecule has 1 rings (SSSR count). The van der Waals surface area contributed by atoms with Crippen LogP contribution in [0.5, 0.6) is 0 Å². The van der Waals surface area contributed by atoms with Gasteiger partial charge in [0.25, 0.3) is 0 Å². The first kappa shape index (κ1) is 10.1. The summed E-state index contributed by atoms with van der Waals surface area (Å²) in [6.45, 7) is 3.55. The summed E-state index contributed by atoms with van der Waals surface area (Å²) in [5.41, 5.74) is 0. The van der Waals surface area contributed by atoms with E-state index in [1.54, 1.807) is 13.8 Å². The van der Waals surface area contributed by atoms with E-state index in [0.717, 1.165) is 9.37 Å². The number of halogens is 1. The highest BCUT2D eigenvalue weighted by Crippen LogP contribution is 2.30. The van der Waals surface area contributed by atoms with Crippen LogP contribution >= 0.6 is 27.7 Å². The molecule has 0 fully saturated rings. The summed E-state index contributed by atoms with van der Waals surface area (Å²) in [6, 6.07) is 7.89. The van der Waals surface area contributed by atoms with Crippen molar-refractivity contribution in [1.82, 2.24) is 0 Å². The topological polar surface area (TPSA) is 20.2 Å². The number of rotatable bonds is 2. The number of hydrogen-bond acceptors (Lipinski definition) is 2. The summed E-state index contributed by atoms with van der Waals surface area (Å²) in [6.07, 6.45) is 0. The molecule has 0 aromatic heterocycles. The van der Waals surface area contributed by atoms with Crippen LogP contribution < -0.4 is 0 Å². The first-order valence-electron chi connectivity index (χ1n) is 3.64. The van der Waals surface area contributed by atoms with E-state index >= 15 is 0 Å². The molecule has 0 atom stereocenters. The highest BCUT2D eigenvalue weighted by molar-refractivity contribution is 9.10. The lowest BCUT2D eigenvalue weighted by Gasteiger charge is -2.15. The van der Waals surface area contributed by atoms with E-state index in [1.165, 1.54) is 11.8 Å². The maximum Gasteiger partial charge on any atom is 0.109 e. The monoisotopic (exact) mass is 246 g/mol. The second kappa shape index (κ2) is 3.81. The first-order valence-corrected chi connectivity index (χ1v) is 5.25. The van der Waals surface area contributed by atoms with Crippen LogP contribution in [0.1, 0.15) is 13.8 Å². The molecule has 12 heavy (non-hydrogen) atoms. The van der Waals surface area contributed by atoms with Crippen molar-refractivity contribution in [1.29, 1.82) is 0 Å². The SMILES string of the molecule is CC(C)(O)Sc1ccc(Br)cc1. The normalized spacial score (nSPS) is 11.7. The van der Waals surface area contributed by atoms with Gasteiger partial charge in [-0.25, -0.2) is 0 Å². The molecule has 1 aromatic carbocycles. The highest BCUT2D eigenvalue weighted by atomic mass is 79.9. The third-order valence-corrected chi connectivity index (χ3v) is 2.72. The van der Waals surface area contributed by atoms with E-state index in [0.29, 0.717) is 0 Å². The minimum atomic E-state index is -0.701. The average Bonchev–Trinajstić information content (AvgIpc) is 1.91. The van der Waals surface area contributed by atoms with Crippen molar-refractivity contribution < 1.29 is 5.11 Å². The maximum atomic E-state index is 9.49. The van der Waals surface area contributed by atoms with E-state index in [9.17, 15) is 5.11 Å². The van der Waals surface area contributed by atoms with Gasteiger partial charge in [0.2, 0.25) is 0 Å². The molecule has 66 valence electrons. The summed E-state index contributed by atoms with van der Waals surface area (Å²) in [4.78, 5) is 0.374. The summed E-state index contributed by atoms with van der Waals surface area (Å²) >= 11 is 4.80. The van der Waals surface area contributed by atoms with Gasteiger partial charge in [-0.15, -0.1) is 0 Å². The molecule has 0 radical (unpaired) electrons. The molecular weight excluding hydrogens is 236 g/mol. The van der Waals surface area contributed by atoms with Gasteiger partial charge in [0.15, 0.2) is 0 Å². The van der Waals surface area contributed by atoms with Crippen LogP contribution in [-0.2, 0) is 0 Å². The lowest BCUT2D eigenvalue weighted by atomic mass is 10.4. The lowest BCUT2D eigenvalue weighted by Crippen LogP contribution is -2.11. The molecular formula is C9H11BrOS. The molecule has 0 aliphatic heterocycles. The van der Waals surface area contributed by atoms with Crippen LogP contribution in [0.15, 0.2) is 33.6 Å². The van der Waals surface area contributed by atoms with E-state index in [4.69, 9.17) is 0 Å². The molecule has 0 amide bonds. The number of aliphatic hydroxyl groups is 1. The van der Waals surface area contributed by atoms with Gasteiger partial charge in [-0.2, -0.15) is 0 Å². The first-order chi connectivity index (χ1) is 5.47. The second-order valence-corrected chi connectivity index (χ2v) is 5.59. The van der Waals surface area contributed by atoms with Crippen molar-refractivity contribution in [2.24, 2.45) is 0 Å². The van der Waals surface area contributed by atoms with E-state index in [1.807, 2.05) is 24.3 Å². The average molecular weight is 247 g/mol. The highest BCUT2D eigenvalue weighted by Gasteiger charge is 2.13. The Morgan fingerprint density at radius 2 is 1.75 bits per heavy atom. The van der Waals surface area contributed by atoms with Gasteiger partial charge < -0.3 is 5.11 Å². The van der Waals surface area contributed by atoms with Crippen LogP contribution in [0.2, 0.25) is 0 Å². The summed E-state index contributed by atoms with van der Waals surface area (Å²) in [5.74, 6) is 0. The molecule has 1 aromatic rings. The zero-order valence-electron chi connectivity index (χ0n) is 7.04. The Balaban J connectivity index is 2.71. The maximum absolute atomic E-state index is 9.49. The molecule has 0 saturated heterocycles. The van der Waals surface area contributed by atoms with E-state index in [2.05, 4.69) is 15.9 Å². The van der Waals surface area contributed by atoms with Gasteiger partial charge in [-0.1, -0.05) is 27.7 Å². The number of benzene rings is 1. The third kappa shape index (κ3) is 3.61. The summed E-state index contributed by atoms with van der Waals surface area (Å²) in [5, 5.41) is 9.49. The molecule has 0 aliphatic rings. The van der Waals surface area contributed by atoms with Gasteiger partial charge in [-0.05, 0) is 38.1 Å². The molecule has 3 heteroatoms. The molecule has 0 aliphatic carbocycles. The molecule has 0 spiro atoms. The zero-order valence-corrected chi connectivity index (χ0v) is 9.45. The molecule has 0 saturated carbocycles. The predicted molar refractivity (Wildman–Crippen MR) is 56.3 cm³/mol. The van der Waals surface area contributed by atoms with Gasteiger partial charge in [0.05, 0.1) is 0 Å². The molecule has 0 bridgehead atoms. The second-order valence-electron chi connectivity index (χ2n) is 3.00. The van der Waals surface area contributed by atoms with Crippen LogP contribution in [0.4, 0.5) is 0 Å². The molecule has 1 N–H and O–H groups in total. The number of hydrogen-bond donors (Lipinski definition) is 1. The van der Waals surface area contributed by atoms with Crippen molar-refractivity contribution in [3.8, 4) is 0 Å². The molecule has 1 nitrogen and oxygen atoms in total. The molecule has 0 unspecified atom stereocenters. The van der Waals surface area contributed by atoms with Gasteiger partial charge in [0, 0.05) is 9.37 Å². The smallest absolute Gasteiger partial charge is 0.109 e. The van der Waals surface area contributed by atoms with Crippen molar-refractivity contribution in [3.63, 3.8) is 0 Å². The van der Waals surface area contributed by atoms with Crippen molar-refractivity contribution in [2.75, 3.05) is 0 Å². The molecule has 0 heterocycles. The van der Waals surface area contributed by atoms with Crippen LogP contribution in [0, 0.1) is 0 Å². The van der Waals surface area contributed by atoms with E-state index in [-0.39, 0.29) is 0 Å². The van der Waals surface area contributed by atoms with Gasteiger partial charge in [-0.3, -0.25) is 0 Å². The fourth-order valence-corrected chi connectivity index (χ4v) is 1.90. The van der Waals surface area contributed by atoms with Crippen LogP contribution in [0.25, 0.3) is 0 Å². The Bertz CT molecular complexity index is 250.